The van der Waals surface area contributed by atoms with E-state index in [1.807, 2.05) is 33.1 Å². The number of aliphatic carboxylic acids is 1. The minimum Gasteiger partial charge on any atom is -0.481 e. The predicted molar refractivity (Wildman–Crippen MR) is 105 cm³/mol. The van der Waals surface area contributed by atoms with Gasteiger partial charge in [0.1, 0.15) is 5.01 Å². The van der Waals surface area contributed by atoms with Gasteiger partial charge in [-0.15, -0.1) is 11.3 Å². The maximum atomic E-state index is 12.7. The van der Waals surface area contributed by atoms with Crippen LogP contribution in [0.4, 0.5) is 9.93 Å². The molecule has 0 saturated heterocycles. The standard InChI is InChI=1S/C17H21N5O3S2/c1-10-14(11-9-26-12(20-11)5-7-18)27-15(19-10)21-16(25)22(17(2,3)4)8-6-13(23)24/h9H,5-6,8H2,1-4H3,(H,23,24)(H,19,21,25). The predicted octanol–water partition coefficient (Wildman–Crippen LogP) is 3.75. The summed E-state index contributed by atoms with van der Waals surface area (Å²) in [7, 11) is 0. The summed E-state index contributed by atoms with van der Waals surface area (Å²) in [6, 6.07) is 1.68. The van der Waals surface area contributed by atoms with Crippen LogP contribution in [0.15, 0.2) is 5.38 Å². The second-order valence-corrected chi connectivity index (χ2v) is 8.73. The molecular weight excluding hydrogens is 386 g/mol. The Balaban J connectivity index is 2.17. The highest BCUT2D eigenvalue weighted by Gasteiger charge is 2.28. The summed E-state index contributed by atoms with van der Waals surface area (Å²) in [6.07, 6.45) is 0.129. The first kappa shape index (κ1) is 20.8. The van der Waals surface area contributed by atoms with Crippen LogP contribution in [0.3, 0.4) is 0 Å². The van der Waals surface area contributed by atoms with Crippen LogP contribution in [0, 0.1) is 18.3 Å². The molecule has 0 saturated carbocycles. The van der Waals surface area contributed by atoms with E-state index in [-0.39, 0.29) is 19.4 Å². The van der Waals surface area contributed by atoms with Crippen molar-refractivity contribution in [2.45, 2.75) is 46.1 Å². The third-order valence-electron chi connectivity index (χ3n) is 3.63. The third kappa shape index (κ3) is 5.48. The summed E-state index contributed by atoms with van der Waals surface area (Å²) in [6.45, 7) is 7.47. The number of rotatable bonds is 6. The maximum absolute atomic E-state index is 12.7. The fourth-order valence-corrected chi connectivity index (χ4v) is 4.07. The van der Waals surface area contributed by atoms with Crippen LogP contribution in [0.25, 0.3) is 10.6 Å². The van der Waals surface area contributed by atoms with Crippen LogP contribution < -0.4 is 5.32 Å². The molecule has 0 aromatic carbocycles. The summed E-state index contributed by atoms with van der Waals surface area (Å²) in [5.74, 6) is -0.957. The summed E-state index contributed by atoms with van der Waals surface area (Å²) >= 11 is 2.71. The Kier molecular flexibility index (Phi) is 6.51. The van der Waals surface area contributed by atoms with Gasteiger partial charge in [0.15, 0.2) is 5.13 Å². The number of carboxylic acid groups (broad SMARTS) is 1. The molecule has 2 amide bonds. The van der Waals surface area contributed by atoms with Crippen molar-refractivity contribution in [2.24, 2.45) is 0 Å². The van der Waals surface area contributed by atoms with Crippen molar-refractivity contribution in [1.29, 1.82) is 5.26 Å². The van der Waals surface area contributed by atoms with Crippen molar-refractivity contribution in [3.63, 3.8) is 0 Å². The molecule has 2 N–H and O–H groups in total. The van der Waals surface area contributed by atoms with Gasteiger partial charge in [0, 0.05) is 17.5 Å². The van der Waals surface area contributed by atoms with Gasteiger partial charge in [-0.3, -0.25) is 10.1 Å². The van der Waals surface area contributed by atoms with Crippen molar-refractivity contribution >= 4 is 39.8 Å². The van der Waals surface area contributed by atoms with Crippen molar-refractivity contribution in [1.82, 2.24) is 14.9 Å². The largest absolute Gasteiger partial charge is 0.481 e. The molecule has 8 nitrogen and oxygen atoms in total. The number of hydrogen-bond donors (Lipinski definition) is 2. The lowest BCUT2D eigenvalue weighted by molar-refractivity contribution is -0.137. The topological polar surface area (TPSA) is 119 Å². The van der Waals surface area contributed by atoms with Crippen LogP contribution >= 0.6 is 22.7 Å². The monoisotopic (exact) mass is 407 g/mol. The lowest BCUT2D eigenvalue weighted by atomic mass is 10.1. The maximum Gasteiger partial charge on any atom is 0.324 e. The lowest BCUT2D eigenvalue weighted by Crippen LogP contribution is -2.48. The highest BCUT2D eigenvalue weighted by atomic mass is 32.1. The molecule has 10 heteroatoms. The van der Waals surface area contributed by atoms with Crippen molar-refractivity contribution in [3.05, 3.63) is 16.1 Å². The van der Waals surface area contributed by atoms with E-state index in [9.17, 15) is 9.59 Å². The van der Waals surface area contributed by atoms with Crippen LogP contribution in [-0.2, 0) is 11.2 Å². The number of hydrogen-bond acceptors (Lipinski definition) is 7. The summed E-state index contributed by atoms with van der Waals surface area (Å²) in [5, 5.41) is 23.5. The Labute approximate surface area is 165 Å². The van der Waals surface area contributed by atoms with Crippen LogP contribution in [0.5, 0.6) is 0 Å². The van der Waals surface area contributed by atoms with Gasteiger partial charge in [-0.25, -0.2) is 14.8 Å². The quantitative estimate of drug-likeness (QED) is 0.752. The van der Waals surface area contributed by atoms with Gasteiger partial charge < -0.3 is 10.0 Å². The molecule has 0 spiro atoms. The second-order valence-electron chi connectivity index (χ2n) is 6.79. The van der Waals surface area contributed by atoms with Gasteiger partial charge in [-0.05, 0) is 27.7 Å². The van der Waals surface area contributed by atoms with E-state index in [1.165, 1.54) is 27.6 Å². The number of anilines is 1. The molecule has 2 aromatic heterocycles. The molecule has 2 rings (SSSR count). The number of nitrogens with one attached hydrogen (secondary N) is 1. The summed E-state index contributed by atoms with van der Waals surface area (Å²) < 4.78 is 0. The zero-order chi connectivity index (χ0) is 20.2. The Bertz CT molecular complexity index is 876. The minimum absolute atomic E-state index is 0.103. The Morgan fingerprint density at radius 3 is 2.67 bits per heavy atom. The van der Waals surface area contributed by atoms with E-state index >= 15 is 0 Å². The zero-order valence-corrected chi connectivity index (χ0v) is 17.2. The zero-order valence-electron chi connectivity index (χ0n) is 15.6. The molecule has 0 unspecified atom stereocenters. The smallest absolute Gasteiger partial charge is 0.324 e. The molecular formula is C17H21N5O3S2. The van der Waals surface area contributed by atoms with Crippen molar-refractivity contribution < 1.29 is 14.7 Å². The van der Waals surface area contributed by atoms with Crippen LogP contribution in [0.2, 0.25) is 0 Å². The number of aryl methyl sites for hydroxylation is 1. The van der Waals surface area contributed by atoms with Gasteiger partial charge in [-0.2, -0.15) is 5.26 Å². The molecule has 0 bridgehead atoms. The van der Waals surface area contributed by atoms with E-state index in [1.54, 1.807) is 0 Å². The van der Waals surface area contributed by atoms with Crippen molar-refractivity contribution in [3.8, 4) is 16.6 Å². The van der Waals surface area contributed by atoms with Gasteiger partial charge >= 0.3 is 12.0 Å². The Morgan fingerprint density at radius 2 is 2.07 bits per heavy atom. The second kappa shape index (κ2) is 8.45. The first-order valence-corrected chi connectivity index (χ1v) is 9.91. The van der Waals surface area contributed by atoms with Gasteiger partial charge in [0.05, 0.1) is 35.2 Å². The number of nitrogens with zero attached hydrogens (tertiary/aromatic N) is 4. The van der Waals surface area contributed by atoms with E-state index in [4.69, 9.17) is 10.4 Å². The first-order chi connectivity index (χ1) is 12.6. The number of thiazole rings is 2. The average molecular weight is 408 g/mol. The molecule has 0 aliphatic heterocycles. The number of carbonyl (C=O) groups excluding carboxylic acids is 1. The fraction of sp³-hybridized carbons (Fsp3) is 0.471. The van der Waals surface area contributed by atoms with Gasteiger partial charge in [-0.1, -0.05) is 11.3 Å². The van der Waals surface area contributed by atoms with E-state index in [0.29, 0.717) is 5.13 Å². The summed E-state index contributed by atoms with van der Waals surface area (Å²) in [5.41, 5.74) is 0.937. The number of amides is 2. The molecule has 27 heavy (non-hydrogen) atoms. The number of carbonyl (C=O) groups is 2. The Morgan fingerprint density at radius 1 is 1.37 bits per heavy atom. The minimum atomic E-state index is -0.957. The first-order valence-electron chi connectivity index (χ1n) is 8.21. The molecule has 0 aliphatic carbocycles. The van der Waals surface area contributed by atoms with E-state index < -0.39 is 17.5 Å². The highest BCUT2D eigenvalue weighted by molar-refractivity contribution is 7.19. The molecule has 0 aliphatic rings. The third-order valence-corrected chi connectivity index (χ3v) is 5.57. The molecule has 2 heterocycles. The van der Waals surface area contributed by atoms with Gasteiger partial charge in [0.2, 0.25) is 0 Å². The van der Waals surface area contributed by atoms with Crippen LogP contribution in [0.1, 0.15) is 37.9 Å². The molecule has 0 atom stereocenters. The summed E-state index contributed by atoms with van der Waals surface area (Å²) in [4.78, 5) is 34.6. The molecule has 0 fully saturated rings. The molecule has 2 aromatic rings. The Hall–Kier alpha value is -2.51. The average Bonchev–Trinajstić information content (AvgIpc) is 3.12. The highest BCUT2D eigenvalue weighted by Crippen LogP contribution is 2.33. The van der Waals surface area contributed by atoms with Crippen molar-refractivity contribution in [2.75, 3.05) is 11.9 Å². The molecule has 144 valence electrons. The van der Waals surface area contributed by atoms with E-state index in [2.05, 4.69) is 21.4 Å². The number of aromatic nitrogens is 2. The SMILES string of the molecule is Cc1nc(NC(=O)N(CCC(=O)O)C(C)(C)C)sc1-c1csc(CC#N)n1. The normalized spacial score (nSPS) is 11.1. The van der Waals surface area contributed by atoms with E-state index in [0.717, 1.165) is 21.3 Å². The number of urea groups is 1. The van der Waals surface area contributed by atoms with Crippen LogP contribution in [-0.4, -0.2) is 44.1 Å². The fourth-order valence-electron chi connectivity index (χ4n) is 2.36. The number of carboxylic acids is 1. The lowest BCUT2D eigenvalue weighted by Gasteiger charge is -2.35. The van der Waals surface area contributed by atoms with Gasteiger partial charge in [0.25, 0.3) is 0 Å². The molecule has 0 radical (unpaired) electrons. The number of nitriles is 1.